The molecule has 0 fully saturated rings. The van der Waals surface area contributed by atoms with Gasteiger partial charge in [0.1, 0.15) is 5.82 Å². The second-order valence-corrected chi connectivity index (χ2v) is 10.7. The van der Waals surface area contributed by atoms with Gasteiger partial charge in [-0.1, -0.05) is 58.0 Å². The maximum Gasteiger partial charge on any atom is 0.109 e. The molecule has 0 atom stereocenters. The van der Waals surface area contributed by atoms with Gasteiger partial charge in [-0.05, 0) is 63.0 Å². The largest absolute Gasteiger partial charge is 0.341 e. The molecule has 0 radical (unpaired) electrons. The SMILES string of the molecule is CC(C)C1=Nc2ccc3cc(-c4ccc5cc(-c6cnc(C(C)C)[nH]6)sc5c4)ccc3c2C1. The summed E-state index contributed by atoms with van der Waals surface area (Å²) in [5.41, 5.74) is 7.42. The fraction of sp³-hybridized carbons (Fsp3) is 0.241. The molecule has 5 aromatic rings. The minimum atomic E-state index is 0.400. The van der Waals surface area contributed by atoms with Crippen molar-refractivity contribution in [3.05, 3.63) is 72.2 Å². The highest BCUT2D eigenvalue weighted by molar-refractivity contribution is 7.22. The predicted octanol–water partition coefficient (Wildman–Crippen LogP) is 8.52. The van der Waals surface area contributed by atoms with E-state index in [-0.39, 0.29) is 0 Å². The molecule has 1 aliphatic heterocycles. The number of hydrogen-bond donors (Lipinski definition) is 1. The molecule has 0 amide bonds. The molecule has 1 aliphatic rings. The summed E-state index contributed by atoms with van der Waals surface area (Å²) in [7, 11) is 0. The molecule has 33 heavy (non-hydrogen) atoms. The maximum atomic E-state index is 4.87. The van der Waals surface area contributed by atoms with Gasteiger partial charge in [0.05, 0.1) is 22.5 Å². The number of thiophene rings is 1. The lowest BCUT2D eigenvalue weighted by Gasteiger charge is -2.08. The molecule has 0 spiro atoms. The zero-order valence-corrected chi connectivity index (χ0v) is 20.3. The Balaban J connectivity index is 1.36. The number of benzene rings is 3. The Morgan fingerprint density at radius 3 is 2.42 bits per heavy atom. The lowest BCUT2D eigenvalue weighted by Crippen LogP contribution is -2.06. The number of aliphatic imine (C=N–C) groups is 1. The molecule has 3 nitrogen and oxygen atoms in total. The summed E-state index contributed by atoms with van der Waals surface area (Å²) in [4.78, 5) is 14.1. The monoisotopic (exact) mass is 449 g/mol. The van der Waals surface area contributed by atoms with Gasteiger partial charge >= 0.3 is 0 Å². The van der Waals surface area contributed by atoms with Gasteiger partial charge < -0.3 is 4.98 Å². The first kappa shape index (κ1) is 20.4. The summed E-state index contributed by atoms with van der Waals surface area (Å²) in [6, 6.07) is 20.3. The number of imidazole rings is 1. The third kappa shape index (κ3) is 3.50. The van der Waals surface area contributed by atoms with Crippen molar-refractivity contribution in [2.75, 3.05) is 0 Å². The Labute approximate surface area is 198 Å². The number of fused-ring (bicyclic) bond motifs is 4. The lowest BCUT2D eigenvalue weighted by molar-refractivity contribution is 0.795. The molecular formula is C29H27N3S. The Kier molecular flexibility index (Phi) is 4.73. The number of H-pyrrole nitrogens is 1. The van der Waals surface area contributed by atoms with Crippen molar-refractivity contribution in [1.29, 1.82) is 0 Å². The van der Waals surface area contributed by atoms with Crippen molar-refractivity contribution in [3.63, 3.8) is 0 Å². The Hall–Kier alpha value is -3.24. The van der Waals surface area contributed by atoms with Crippen LogP contribution in [0.5, 0.6) is 0 Å². The summed E-state index contributed by atoms with van der Waals surface area (Å²) in [5.74, 6) is 1.93. The standard InChI is InChI=1S/C29H27N3S/c1-16(2)25-14-23-22-9-7-18(11-20(22)8-10-24(23)31-25)19-5-6-21-13-28(33-27(21)12-19)26-15-30-29(32-26)17(3)4/h5-13,15-17H,14H2,1-4H3,(H,30,32). The van der Waals surface area contributed by atoms with Gasteiger partial charge in [-0.3, -0.25) is 4.99 Å². The summed E-state index contributed by atoms with van der Waals surface area (Å²) in [6.45, 7) is 8.78. The quantitative estimate of drug-likeness (QED) is 0.293. The van der Waals surface area contributed by atoms with Crippen molar-refractivity contribution in [1.82, 2.24) is 9.97 Å². The number of nitrogens with zero attached hydrogens (tertiary/aromatic N) is 2. The summed E-state index contributed by atoms with van der Waals surface area (Å²) in [6.07, 6.45) is 2.93. The third-order valence-electron chi connectivity index (χ3n) is 6.66. The van der Waals surface area contributed by atoms with E-state index in [4.69, 9.17) is 4.99 Å². The molecule has 3 heterocycles. The normalized spacial score (nSPS) is 13.5. The van der Waals surface area contributed by atoms with Gasteiger partial charge in [0.25, 0.3) is 0 Å². The van der Waals surface area contributed by atoms with E-state index in [0.29, 0.717) is 11.8 Å². The van der Waals surface area contributed by atoms with E-state index in [0.717, 1.165) is 23.6 Å². The first-order valence-corrected chi connectivity index (χ1v) is 12.5. The Morgan fingerprint density at radius 1 is 0.848 bits per heavy atom. The van der Waals surface area contributed by atoms with Crippen LogP contribution in [0.2, 0.25) is 0 Å². The van der Waals surface area contributed by atoms with Crippen LogP contribution in [0, 0.1) is 5.92 Å². The van der Waals surface area contributed by atoms with Crippen LogP contribution in [0.4, 0.5) is 5.69 Å². The van der Waals surface area contributed by atoms with E-state index in [1.54, 1.807) is 0 Å². The van der Waals surface area contributed by atoms with E-state index in [2.05, 4.69) is 92.3 Å². The van der Waals surface area contributed by atoms with E-state index in [9.17, 15) is 0 Å². The van der Waals surface area contributed by atoms with Crippen molar-refractivity contribution in [2.45, 2.75) is 40.0 Å². The molecule has 0 aliphatic carbocycles. The van der Waals surface area contributed by atoms with Crippen molar-refractivity contribution < 1.29 is 0 Å². The van der Waals surface area contributed by atoms with Gasteiger partial charge in [0.15, 0.2) is 0 Å². The number of rotatable bonds is 4. The van der Waals surface area contributed by atoms with Crippen LogP contribution in [0.3, 0.4) is 0 Å². The average Bonchev–Trinajstić information content (AvgIpc) is 3.55. The van der Waals surface area contributed by atoms with Crippen LogP contribution in [-0.2, 0) is 6.42 Å². The molecule has 164 valence electrons. The topological polar surface area (TPSA) is 41.0 Å². The smallest absolute Gasteiger partial charge is 0.109 e. The molecule has 0 bridgehead atoms. The van der Waals surface area contributed by atoms with Crippen LogP contribution in [0.1, 0.15) is 45.0 Å². The third-order valence-corrected chi connectivity index (χ3v) is 7.79. The van der Waals surface area contributed by atoms with E-state index >= 15 is 0 Å². The molecule has 0 saturated heterocycles. The highest BCUT2D eigenvalue weighted by Crippen LogP contribution is 2.38. The van der Waals surface area contributed by atoms with E-state index in [1.165, 1.54) is 48.1 Å². The highest BCUT2D eigenvalue weighted by Gasteiger charge is 2.19. The van der Waals surface area contributed by atoms with Crippen LogP contribution in [0.25, 0.3) is 42.6 Å². The van der Waals surface area contributed by atoms with Gasteiger partial charge in [-0.2, -0.15) is 0 Å². The van der Waals surface area contributed by atoms with Crippen molar-refractivity contribution in [3.8, 4) is 21.7 Å². The first-order chi connectivity index (χ1) is 16.0. The zero-order valence-electron chi connectivity index (χ0n) is 19.4. The second kappa shape index (κ2) is 7.67. The van der Waals surface area contributed by atoms with Gasteiger partial charge in [-0.25, -0.2) is 4.98 Å². The lowest BCUT2D eigenvalue weighted by atomic mass is 9.95. The van der Waals surface area contributed by atoms with E-state index < -0.39 is 0 Å². The second-order valence-electron chi connectivity index (χ2n) is 9.63. The molecule has 0 saturated carbocycles. The van der Waals surface area contributed by atoms with Crippen LogP contribution in [-0.4, -0.2) is 15.7 Å². The number of nitrogens with one attached hydrogen (secondary N) is 1. The summed E-state index contributed by atoms with van der Waals surface area (Å²) < 4.78 is 1.30. The first-order valence-electron chi connectivity index (χ1n) is 11.7. The average molecular weight is 450 g/mol. The fourth-order valence-electron chi connectivity index (χ4n) is 4.66. The van der Waals surface area contributed by atoms with Gasteiger partial charge in [-0.15, -0.1) is 11.3 Å². The minimum absolute atomic E-state index is 0.400. The molecule has 4 heteroatoms. The summed E-state index contributed by atoms with van der Waals surface area (Å²) >= 11 is 1.82. The van der Waals surface area contributed by atoms with Gasteiger partial charge in [0.2, 0.25) is 0 Å². The number of aromatic amines is 1. The highest BCUT2D eigenvalue weighted by atomic mass is 32.1. The van der Waals surface area contributed by atoms with E-state index in [1.807, 2.05) is 17.5 Å². The van der Waals surface area contributed by atoms with Crippen LogP contribution >= 0.6 is 11.3 Å². The Bertz CT molecular complexity index is 1550. The maximum absolute atomic E-state index is 4.87. The number of hydrogen-bond acceptors (Lipinski definition) is 3. The molecule has 6 rings (SSSR count). The zero-order chi connectivity index (χ0) is 22.7. The molecule has 0 unspecified atom stereocenters. The predicted molar refractivity (Wildman–Crippen MR) is 142 cm³/mol. The van der Waals surface area contributed by atoms with Crippen LogP contribution < -0.4 is 0 Å². The molecule has 3 aromatic carbocycles. The minimum Gasteiger partial charge on any atom is -0.341 e. The fourth-order valence-corrected chi connectivity index (χ4v) is 5.73. The van der Waals surface area contributed by atoms with Crippen molar-refractivity contribution in [2.24, 2.45) is 10.9 Å². The molecular weight excluding hydrogens is 422 g/mol. The summed E-state index contributed by atoms with van der Waals surface area (Å²) in [5, 5.41) is 3.89. The van der Waals surface area contributed by atoms with Crippen LogP contribution in [0.15, 0.2) is 65.8 Å². The van der Waals surface area contributed by atoms with Crippen molar-refractivity contribution >= 4 is 43.6 Å². The molecule has 1 N–H and O–H groups in total. The number of aromatic nitrogens is 2. The molecule has 2 aromatic heterocycles. The van der Waals surface area contributed by atoms with Gasteiger partial charge in [0, 0.05) is 22.8 Å². The Morgan fingerprint density at radius 2 is 1.64 bits per heavy atom.